The minimum Gasteiger partial charge on any atom is -0.462 e. The Morgan fingerprint density at radius 2 is 0.593 bits per heavy atom. The molecule has 17 nitrogen and oxygen atoms in total. The van der Waals surface area contributed by atoms with Crippen molar-refractivity contribution in [2.75, 3.05) is 39.6 Å². The fourth-order valence-electron chi connectivity index (χ4n) is 9.20. The summed E-state index contributed by atoms with van der Waals surface area (Å²) in [5.41, 5.74) is 0. The largest absolute Gasteiger partial charge is 0.472 e. The van der Waals surface area contributed by atoms with Gasteiger partial charge >= 0.3 is 39.5 Å². The van der Waals surface area contributed by atoms with Crippen LogP contribution in [-0.4, -0.2) is 96.7 Å². The SMILES string of the molecule is CCCCCCCCCCCCCCCCCC(=O)O[C@H](COC(=O)CCCCCCCCC(C)CC)COP(=O)(O)OC[C@@H](O)COP(=O)(O)OC[C@@H](COC(=O)CCCCCCCCCC)OC(=O)CCCCCCCCCC. The zero-order valence-electron chi connectivity index (χ0n) is 51.9. The summed E-state index contributed by atoms with van der Waals surface area (Å²) in [6, 6.07) is 0. The van der Waals surface area contributed by atoms with Gasteiger partial charge in [0.25, 0.3) is 0 Å². The molecule has 0 aromatic carbocycles. The lowest BCUT2D eigenvalue weighted by molar-refractivity contribution is -0.161. The normalized spacial score (nSPS) is 14.6. The van der Waals surface area contributed by atoms with Gasteiger partial charge in [-0.3, -0.25) is 37.3 Å². The van der Waals surface area contributed by atoms with Gasteiger partial charge in [-0.1, -0.05) is 259 Å². The Kier molecular flexibility index (Phi) is 54.6. The van der Waals surface area contributed by atoms with Gasteiger partial charge in [-0.05, 0) is 31.6 Å². The molecule has 0 aliphatic rings. The molecule has 0 bridgehead atoms. The van der Waals surface area contributed by atoms with E-state index in [4.69, 9.17) is 37.0 Å². The fourth-order valence-corrected chi connectivity index (χ4v) is 10.8. The summed E-state index contributed by atoms with van der Waals surface area (Å²) < 4.78 is 67.8. The zero-order valence-corrected chi connectivity index (χ0v) is 53.7. The molecule has 0 fully saturated rings. The van der Waals surface area contributed by atoms with Gasteiger partial charge in [0.1, 0.15) is 19.3 Å². The maximum Gasteiger partial charge on any atom is 0.472 e. The first-order valence-corrected chi connectivity index (χ1v) is 35.7. The number of esters is 4. The van der Waals surface area contributed by atoms with Crippen molar-refractivity contribution in [3.8, 4) is 0 Å². The fraction of sp³-hybridized carbons (Fsp3) is 0.935. The number of hydrogen-bond donors (Lipinski definition) is 3. The highest BCUT2D eigenvalue weighted by atomic mass is 31.2. The minimum absolute atomic E-state index is 0.105. The monoisotopic (exact) mass is 1200 g/mol. The van der Waals surface area contributed by atoms with Crippen molar-refractivity contribution in [2.24, 2.45) is 5.92 Å². The Hall–Kier alpha value is -1.94. The Morgan fingerprint density at radius 3 is 0.877 bits per heavy atom. The van der Waals surface area contributed by atoms with Gasteiger partial charge in [-0.15, -0.1) is 0 Å². The first-order valence-electron chi connectivity index (χ1n) is 32.7. The third-order valence-corrected chi connectivity index (χ3v) is 16.5. The van der Waals surface area contributed by atoms with Gasteiger partial charge in [-0.25, -0.2) is 9.13 Å². The number of ether oxygens (including phenoxy) is 4. The van der Waals surface area contributed by atoms with Gasteiger partial charge in [0.05, 0.1) is 26.4 Å². The van der Waals surface area contributed by atoms with Crippen LogP contribution in [0.1, 0.15) is 311 Å². The number of hydrogen-bond acceptors (Lipinski definition) is 15. The van der Waals surface area contributed by atoms with Crippen LogP contribution in [0.25, 0.3) is 0 Å². The number of carbonyl (C=O) groups is 4. The second kappa shape index (κ2) is 55.9. The lowest BCUT2D eigenvalue weighted by Crippen LogP contribution is -2.30. The smallest absolute Gasteiger partial charge is 0.462 e. The molecule has 0 radical (unpaired) electrons. The molecule has 81 heavy (non-hydrogen) atoms. The summed E-state index contributed by atoms with van der Waals surface area (Å²) in [7, 11) is -9.88. The molecule has 480 valence electrons. The maximum absolute atomic E-state index is 13.0. The molecule has 0 aromatic rings. The topological polar surface area (TPSA) is 237 Å². The average Bonchev–Trinajstić information content (AvgIpc) is 3.44. The number of rotatable bonds is 62. The summed E-state index contributed by atoms with van der Waals surface area (Å²) >= 11 is 0. The van der Waals surface area contributed by atoms with Crippen molar-refractivity contribution in [3.63, 3.8) is 0 Å². The van der Waals surface area contributed by atoms with Crippen molar-refractivity contribution >= 4 is 39.5 Å². The van der Waals surface area contributed by atoms with Crippen LogP contribution in [0.4, 0.5) is 0 Å². The highest BCUT2D eigenvalue weighted by Crippen LogP contribution is 2.45. The first-order chi connectivity index (χ1) is 39.1. The van der Waals surface area contributed by atoms with Crippen LogP contribution in [0, 0.1) is 5.92 Å². The molecule has 0 saturated heterocycles. The number of aliphatic hydroxyl groups is 1. The quantitative estimate of drug-likeness (QED) is 0.0222. The summed E-state index contributed by atoms with van der Waals surface area (Å²) in [6.07, 6.45) is 39.0. The molecular formula is C62H120O17P2. The van der Waals surface area contributed by atoms with Crippen LogP contribution in [0.3, 0.4) is 0 Å². The first kappa shape index (κ1) is 79.1. The molecule has 3 unspecified atom stereocenters. The number of aliphatic hydroxyl groups excluding tert-OH is 1. The highest BCUT2D eigenvalue weighted by molar-refractivity contribution is 7.47. The Labute approximate surface area is 492 Å². The molecule has 0 aromatic heterocycles. The van der Waals surface area contributed by atoms with Crippen LogP contribution in [-0.2, 0) is 65.4 Å². The van der Waals surface area contributed by atoms with E-state index in [9.17, 15) is 43.2 Å². The van der Waals surface area contributed by atoms with Crippen LogP contribution in [0.15, 0.2) is 0 Å². The van der Waals surface area contributed by atoms with Crippen molar-refractivity contribution in [1.29, 1.82) is 0 Å². The molecule has 0 heterocycles. The molecule has 0 spiro atoms. The van der Waals surface area contributed by atoms with E-state index < -0.39 is 97.5 Å². The maximum atomic E-state index is 13.0. The summed E-state index contributed by atoms with van der Waals surface area (Å²) in [5.74, 6) is -1.41. The predicted molar refractivity (Wildman–Crippen MR) is 322 cm³/mol. The lowest BCUT2D eigenvalue weighted by atomic mass is 10.00. The molecule has 0 amide bonds. The van der Waals surface area contributed by atoms with E-state index in [0.29, 0.717) is 25.7 Å². The molecule has 3 N–H and O–H groups in total. The average molecular weight is 1200 g/mol. The molecule has 0 aliphatic heterocycles. The van der Waals surface area contributed by atoms with Gasteiger partial charge in [0.2, 0.25) is 0 Å². The van der Waals surface area contributed by atoms with E-state index >= 15 is 0 Å². The molecule has 0 aliphatic carbocycles. The van der Waals surface area contributed by atoms with Crippen molar-refractivity contribution in [1.82, 2.24) is 0 Å². The van der Waals surface area contributed by atoms with Crippen LogP contribution >= 0.6 is 15.6 Å². The molecule has 19 heteroatoms. The lowest BCUT2D eigenvalue weighted by Gasteiger charge is -2.21. The third kappa shape index (κ3) is 55.7. The van der Waals surface area contributed by atoms with Crippen LogP contribution in [0.5, 0.6) is 0 Å². The second-order valence-corrected chi connectivity index (χ2v) is 25.6. The number of phosphoric acid groups is 2. The second-order valence-electron chi connectivity index (χ2n) is 22.7. The van der Waals surface area contributed by atoms with Gasteiger partial charge in [-0.2, -0.15) is 0 Å². The zero-order chi connectivity index (χ0) is 59.9. The van der Waals surface area contributed by atoms with E-state index in [1.165, 1.54) is 116 Å². The number of carbonyl (C=O) groups excluding carboxylic acids is 4. The summed E-state index contributed by atoms with van der Waals surface area (Å²) in [5, 5.41) is 10.5. The van der Waals surface area contributed by atoms with E-state index in [2.05, 4.69) is 34.6 Å². The van der Waals surface area contributed by atoms with Gasteiger partial charge in [0.15, 0.2) is 12.2 Å². The number of phosphoric ester groups is 2. The summed E-state index contributed by atoms with van der Waals surface area (Å²) in [6.45, 7) is 7.09. The number of unbranched alkanes of at least 4 members (excludes halogenated alkanes) is 33. The summed E-state index contributed by atoms with van der Waals surface area (Å²) in [4.78, 5) is 72.0. The van der Waals surface area contributed by atoms with Crippen molar-refractivity contribution < 1.29 is 80.2 Å². The molecule has 0 saturated carbocycles. The van der Waals surface area contributed by atoms with Crippen molar-refractivity contribution in [2.45, 2.75) is 329 Å². The van der Waals surface area contributed by atoms with Crippen molar-refractivity contribution in [3.05, 3.63) is 0 Å². The van der Waals surface area contributed by atoms with E-state index in [0.717, 1.165) is 115 Å². The van der Waals surface area contributed by atoms with Crippen LogP contribution < -0.4 is 0 Å². The van der Waals surface area contributed by atoms with E-state index in [-0.39, 0.29) is 25.7 Å². The molecule has 6 atom stereocenters. The Bertz CT molecular complexity index is 1590. The minimum atomic E-state index is -4.94. The Morgan fingerprint density at radius 1 is 0.346 bits per heavy atom. The van der Waals surface area contributed by atoms with Crippen LogP contribution in [0.2, 0.25) is 0 Å². The standard InChI is InChI=1S/C62H120O17P2/c1-6-10-13-16-19-22-23-24-25-26-27-28-31-38-43-48-62(67)79-58(52-73-60(65)46-41-36-33-32-34-39-44-55(5)9-4)54-77-81(70,71)75-50-56(63)49-74-80(68,69)76-53-57(78-61(66)47-42-37-30-21-18-15-12-8-3)51-72-59(64)45-40-35-29-20-17-14-11-7-2/h55-58,63H,6-54H2,1-5H3,(H,68,69)(H,70,71)/t55?,56-,57+,58+/m0/s1. The third-order valence-electron chi connectivity index (χ3n) is 14.6. The Balaban J connectivity index is 5.20. The van der Waals surface area contributed by atoms with Gasteiger partial charge in [0, 0.05) is 25.7 Å². The van der Waals surface area contributed by atoms with E-state index in [1.54, 1.807) is 0 Å². The molecular weight excluding hydrogens is 1080 g/mol. The highest BCUT2D eigenvalue weighted by Gasteiger charge is 2.30. The van der Waals surface area contributed by atoms with E-state index in [1.807, 2.05) is 0 Å². The predicted octanol–water partition coefficient (Wildman–Crippen LogP) is 17.0. The van der Waals surface area contributed by atoms with Gasteiger partial charge < -0.3 is 33.8 Å². The molecule has 0 rings (SSSR count).